The molecule has 0 aromatic heterocycles. The van der Waals surface area contributed by atoms with Crippen molar-refractivity contribution in [3.8, 4) is 11.5 Å². The van der Waals surface area contributed by atoms with Crippen LogP contribution in [0.2, 0.25) is 0 Å². The SMILES string of the molecule is COc1ccc(Cc2ccc(OCCOS(=O)(=O)c3ccc(C)cc3)cc2)cc1F. The number of rotatable bonds is 9. The molecule has 0 heterocycles. The highest BCUT2D eigenvalue weighted by molar-refractivity contribution is 7.86. The van der Waals surface area contributed by atoms with E-state index in [1.807, 2.05) is 25.1 Å². The van der Waals surface area contributed by atoms with Crippen LogP contribution in [-0.4, -0.2) is 28.7 Å². The maximum absolute atomic E-state index is 13.8. The molecule has 0 saturated heterocycles. The molecule has 3 aromatic carbocycles. The number of ether oxygens (including phenoxy) is 2. The molecule has 5 nitrogen and oxygen atoms in total. The normalized spacial score (nSPS) is 11.3. The summed E-state index contributed by atoms with van der Waals surface area (Å²) in [4.78, 5) is 0.118. The third-order valence-electron chi connectivity index (χ3n) is 4.45. The van der Waals surface area contributed by atoms with Crippen molar-refractivity contribution in [1.82, 2.24) is 0 Å². The molecule has 0 unspecified atom stereocenters. The van der Waals surface area contributed by atoms with Crippen LogP contribution in [0, 0.1) is 12.7 Å². The van der Waals surface area contributed by atoms with E-state index in [0.29, 0.717) is 12.2 Å². The Kier molecular flexibility index (Phi) is 7.07. The molecule has 0 aliphatic rings. The second-order valence-electron chi connectivity index (χ2n) is 6.73. The van der Waals surface area contributed by atoms with Gasteiger partial charge in [-0.25, -0.2) is 4.39 Å². The predicted molar refractivity (Wildman–Crippen MR) is 112 cm³/mol. The van der Waals surface area contributed by atoms with E-state index in [-0.39, 0.29) is 23.9 Å². The van der Waals surface area contributed by atoms with E-state index in [1.54, 1.807) is 30.3 Å². The van der Waals surface area contributed by atoms with E-state index < -0.39 is 15.9 Å². The first-order valence-electron chi connectivity index (χ1n) is 9.37. The molecule has 0 atom stereocenters. The molecule has 30 heavy (non-hydrogen) atoms. The Morgan fingerprint density at radius 1 is 0.867 bits per heavy atom. The number of halogens is 1. The summed E-state index contributed by atoms with van der Waals surface area (Å²) in [7, 11) is -2.37. The minimum atomic E-state index is -3.80. The summed E-state index contributed by atoms with van der Waals surface area (Å²) < 4.78 is 53.5. The van der Waals surface area contributed by atoms with Crippen LogP contribution in [0.5, 0.6) is 11.5 Å². The highest BCUT2D eigenvalue weighted by Gasteiger charge is 2.14. The molecule has 7 heteroatoms. The summed E-state index contributed by atoms with van der Waals surface area (Å²) >= 11 is 0. The lowest BCUT2D eigenvalue weighted by Crippen LogP contribution is -2.13. The van der Waals surface area contributed by atoms with Gasteiger partial charge in [0.15, 0.2) is 11.6 Å². The summed E-state index contributed by atoms with van der Waals surface area (Å²) in [5.74, 6) is 0.417. The minimum Gasteiger partial charge on any atom is -0.494 e. The maximum Gasteiger partial charge on any atom is 0.297 e. The number of aryl methyl sites for hydroxylation is 1. The molecule has 0 aliphatic carbocycles. The Balaban J connectivity index is 1.49. The topological polar surface area (TPSA) is 61.8 Å². The van der Waals surface area contributed by atoms with Crippen molar-refractivity contribution < 1.29 is 26.5 Å². The Labute approximate surface area is 176 Å². The standard InChI is InChI=1S/C23H23FO5S/c1-17-3-10-21(11-4-17)30(25,26)29-14-13-28-20-8-5-18(6-9-20)15-19-7-12-23(27-2)22(24)16-19/h3-12,16H,13-15H2,1-2H3. The van der Waals surface area contributed by atoms with Crippen molar-refractivity contribution in [2.45, 2.75) is 18.2 Å². The molecule has 158 valence electrons. The summed E-state index contributed by atoms with van der Waals surface area (Å²) in [5, 5.41) is 0. The molecule has 0 bridgehead atoms. The molecular weight excluding hydrogens is 407 g/mol. The summed E-state index contributed by atoms with van der Waals surface area (Å²) in [6, 6.07) is 18.7. The van der Waals surface area contributed by atoms with Crippen LogP contribution in [-0.2, 0) is 20.7 Å². The van der Waals surface area contributed by atoms with Crippen LogP contribution in [0.15, 0.2) is 71.6 Å². The van der Waals surface area contributed by atoms with Crippen LogP contribution in [0.1, 0.15) is 16.7 Å². The molecule has 0 fully saturated rings. The lowest BCUT2D eigenvalue weighted by Gasteiger charge is -2.09. The van der Waals surface area contributed by atoms with Gasteiger partial charge in [-0.15, -0.1) is 0 Å². The molecule has 0 spiro atoms. The second-order valence-corrected chi connectivity index (χ2v) is 8.34. The Bertz CT molecular complexity index is 1080. The van der Waals surface area contributed by atoms with Crippen molar-refractivity contribution in [2.75, 3.05) is 20.3 Å². The summed E-state index contributed by atoms with van der Waals surface area (Å²) in [6.07, 6.45) is 0.569. The van der Waals surface area contributed by atoms with Crippen LogP contribution in [0.25, 0.3) is 0 Å². The number of benzene rings is 3. The van der Waals surface area contributed by atoms with E-state index >= 15 is 0 Å². The quantitative estimate of drug-likeness (QED) is 0.369. The van der Waals surface area contributed by atoms with E-state index in [4.69, 9.17) is 13.7 Å². The first kappa shape index (κ1) is 21.8. The van der Waals surface area contributed by atoms with Crippen LogP contribution < -0.4 is 9.47 Å². The van der Waals surface area contributed by atoms with Gasteiger partial charge >= 0.3 is 0 Å². The molecular formula is C23H23FO5S. The molecule has 0 N–H and O–H groups in total. The third-order valence-corrected chi connectivity index (χ3v) is 5.77. The van der Waals surface area contributed by atoms with Crippen molar-refractivity contribution in [1.29, 1.82) is 0 Å². The Morgan fingerprint density at radius 3 is 2.17 bits per heavy atom. The Morgan fingerprint density at radius 2 is 1.53 bits per heavy atom. The lowest BCUT2D eigenvalue weighted by atomic mass is 10.0. The van der Waals surface area contributed by atoms with Crippen molar-refractivity contribution in [3.63, 3.8) is 0 Å². The lowest BCUT2D eigenvalue weighted by molar-refractivity contribution is 0.221. The van der Waals surface area contributed by atoms with Crippen LogP contribution in [0.4, 0.5) is 4.39 Å². The average Bonchev–Trinajstić information content (AvgIpc) is 2.73. The fraction of sp³-hybridized carbons (Fsp3) is 0.217. The largest absolute Gasteiger partial charge is 0.494 e. The number of methoxy groups -OCH3 is 1. The highest BCUT2D eigenvalue weighted by atomic mass is 32.2. The van der Waals surface area contributed by atoms with Crippen LogP contribution in [0.3, 0.4) is 0 Å². The molecule has 3 aromatic rings. The van der Waals surface area contributed by atoms with Gasteiger partial charge in [0, 0.05) is 0 Å². The molecule has 3 rings (SSSR count). The molecule has 0 amide bonds. The fourth-order valence-electron chi connectivity index (χ4n) is 2.84. The van der Waals surface area contributed by atoms with Gasteiger partial charge in [0.25, 0.3) is 10.1 Å². The van der Waals surface area contributed by atoms with Crippen molar-refractivity contribution in [2.24, 2.45) is 0 Å². The van der Waals surface area contributed by atoms with Crippen molar-refractivity contribution in [3.05, 3.63) is 89.2 Å². The zero-order chi connectivity index (χ0) is 21.6. The zero-order valence-electron chi connectivity index (χ0n) is 16.8. The zero-order valence-corrected chi connectivity index (χ0v) is 17.6. The van der Waals surface area contributed by atoms with Gasteiger partial charge in [0.2, 0.25) is 0 Å². The minimum absolute atomic E-state index is 0.0914. The van der Waals surface area contributed by atoms with E-state index in [1.165, 1.54) is 25.3 Å². The van der Waals surface area contributed by atoms with Crippen LogP contribution >= 0.6 is 0 Å². The van der Waals surface area contributed by atoms with Crippen molar-refractivity contribution >= 4 is 10.1 Å². The van der Waals surface area contributed by atoms with E-state index in [2.05, 4.69) is 0 Å². The smallest absolute Gasteiger partial charge is 0.297 e. The second kappa shape index (κ2) is 9.73. The molecule has 0 aliphatic heterocycles. The predicted octanol–water partition coefficient (Wildman–Crippen LogP) is 4.52. The van der Waals surface area contributed by atoms with E-state index in [9.17, 15) is 12.8 Å². The highest BCUT2D eigenvalue weighted by Crippen LogP contribution is 2.21. The first-order chi connectivity index (χ1) is 14.4. The number of hydrogen-bond acceptors (Lipinski definition) is 5. The first-order valence-corrected chi connectivity index (χ1v) is 10.8. The molecule has 0 radical (unpaired) electrons. The van der Waals surface area contributed by atoms with Gasteiger partial charge in [-0.3, -0.25) is 4.18 Å². The summed E-state index contributed by atoms with van der Waals surface area (Å²) in [6.45, 7) is 1.88. The van der Waals surface area contributed by atoms with Gasteiger partial charge in [0.1, 0.15) is 19.0 Å². The third kappa shape index (κ3) is 5.81. The fourth-order valence-corrected chi connectivity index (χ4v) is 3.73. The molecule has 0 saturated carbocycles. The van der Waals surface area contributed by atoms with Gasteiger partial charge in [-0.05, 0) is 60.9 Å². The Hall–Kier alpha value is -2.90. The monoisotopic (exact) mass is 430 g/mol. The van der Waals surface area contributed by atoms with Gasteiger partial charge in [0.05, 0.1) is 12.0 Å². The van der Waals surface area contributed by atoms with E-state index in [0.717, 1.165) is 16.7 Å². The van der Waals surface area contributed by atoms with Gasteiger partial charge < -0.3 is 9.47 Å². The van der Waals surface area contributed by atoms with Gasteiger partial charge in [-0.2, -0.15) is 8.42 Å². The average molecular weight is 430 g/mol. The summed E-state index contributed by atoms with van der Waals surface area (Å²) in [5.41, 5.74) is 2.79. The van der Waals surface area contributed by atoms with Gasteiger partial charge in [-0.1, -0.05) is 35.9 Å². The maximum atomic E-state index is 13.8. The number of hydrogen-bond donors (Lipinski definition) is 0.